The van der Waals surface area contributed by atoms with E-state index in [-0.39, 0.29) is 0 Å². The fourth-order valence-electron chi connectivity index (χ4n) is 4.43. The molecule has 0 unspecified atom stereocenters. The summed E-state index contributed by atoms with van der Waals surface area (Å²) in [5.74, 6) is 3.53. The number of rotatable bonds is 12. The highest BCUT2D eigenvalue weighted by Gasteiger charge is 2.46. The van der Waals surface area contributed by atoms with Crippen molar-refractivity contribution >= 4 is 17.7 Å². The minimum Gasteiger partial charge on any atom is -0.481 e. The van der Waals surface area contributed by atoms with Crippen LogP contribution in [0.4, 0.5) is 0 Å². The van der Waals surface area contributed by atoms with Gasteiger partial charge in [-0.3, -0.25) is 4.79 Å². The van der Waals surface area contributed by atoms with E-state index in [9.17, 15) is 4.79 Å². The number of hydrogen-bond donors (Lipinski definition) is 1. The van der Waals surface area contributed by atoms with E-state index in [1.165, 1.54) is 57.1 Å². The van der Waals surface area contributed by atoms with Crippen molar-refractivity contribution in [1.82, 2.24) is 0 Å². The van der Waals surface area contributed by atoms with E-state index in [2.05, 4.69) is 30.8 Å². The maximum atomic E-state index is 10.5. The topological polar surface area (TPSA) is 37.3 Å². The Balaban J connectivity index is 1.68. The summed E-state index contributed by atoms with van der Waals surface area (Å²) in [5.41, 5.74) is 0. The highest BCUT2D eigenvalue weighted by atomic mass is 32.2. The minimum absolute atomic E-state index is 0.300. The molecule has 0 aliphatic heterocycles. The highest BCUT2D eigenvalue weighted by Crippen LogP contribution is 2.54. The molecule has 1 N–H and O–H groups in total. The predicted octanol–water partition coefficient (Wildman–Crippen LogP) is 5.92. The van der Waals surface area contributed by atoms with Crippen LogP contribution in [0.2, 0.25) is 0 Å². The smallest absolute Gasteiger partial charge is 0.303 e. The Morgan fingerprint density at radius 3 is 2.74 bits per heavy atom. The molecule has 0 radical (unpaired) electrons. The van der Waals surface area contributed by atoms with Crippen molar-refractivity contribution in [1.29, 1.82) is 0 Å². The van der Waals surface area contributed by atoms with Crippen LogP contribution in [0.1, 0.15) is 77.6 Å². The summed E-state index contributed by atoms with van der Waals surface area (Å²) >= 11 is 2.27. The quantitative estimate of drug-likeness (QED) is 0.355. The molecule has 2 bridgehead atoms. The van der Waals surface area contributed by atoms with Gasteiger partial charge in [-0.1, -0.05) is 38.3 Å². The Morgan fingerprint density at radius 2 is 1.96 bits per heavy atom. The molecule has 0 saturated heterocycles. The Bertz CT molecular complexity index is 380. The van der Waals surface area contributed by atoms with Gasteiger partial charge in [-0.15, -0.1) is 0 Å². The lowest BCUT2D eigenvalue weighted by molar-refractivity contribution is -0.137. The van der Waals surface area contributed by atoms with Crippen LogP contribution in [0.25, 0.3) is 0 Å². The zero-order valence-electron chi connectivity index (χ0n) is 14.7. The number of thioether (sulfide) groups is 1. The first-order valence-corrected chi connectivity index (χ1v) is 10.8. The van der Waals surface area contributed by atoms with E-state index in [4.69, 9.17) is 5.11 Å². The summed E-state index contributed by atoms with van der Waals surface area (Å²) in [7, 11) is 0. The normalized spacial score (nSPS) is 29.6. The first-order valence-electron chi connectivity index (χ1n) is 9.70. The monoisotopic (exact) mass is 338 g/mol. The molecule has 4 atom stereocenters. The van der Waals surface area contributed by atoms with Crippen molar-refractivity contribution in [3.8, 4) is 0 Å². The third-order valence-corrected chi connectivity index (χ3v) is 7.29. The number of hydrogen-bond acceptors (Lipinski definition) is 2. The van der Waals surface area contributed by atoms with Crippen molar-refractivity contribution in [2.24, 2.45) is 17.8 Å². The molecular formula is C20H34O2S. The molecule has 3 heteroatoms. The molecule has 2 aliphatic rings. The van der Waals surface area contributed by atoms with Crippen molar-refractivity contribution in [3.05, 3.63) is 12.2 Å². The zero-order valence-corrected chi connectivity index (χ0v) is 15.5. The molecule has 23 heavy (non-hydrogen) atoms. The van der Waals surface area contributed by atoms with Gasteiger partial charge >= 0.3 is 5.97 Å². The molecule has 2 aliphatic carbocycles. The fourth-order valence-corrected chi connectivity index (χ4v) is 6.18. The van der Waals surface area contributed by atoms with Gasteiger partial charge in [0.2, 0.25) is 0 Å². The highest BCUT2D eigenvalue weighted by molar-refractivity contribution is 7.99. The van der Waals surface area contributed by atoms with Crippen molar-refractivity contribution in [2.75, 3.05) is 5.75 Å². The summed E-state index contributed by atoms with van der Waals surface area (Å²) in [6.07, 6.45) is 17.7. The number of carboxylic acids is 1. The molecule has 0 aromatic heterocycles. The maximum Gasteiger partial charge on any atom is 0.303 e. The van der Waals surface area contributed by atoms with Crippen LogP contribution in [-0.2, 0) is 4.79 Å². The van der Waals surface area contributed by atoms with Gasteiger partial charge in [0.15, 0.2) is 0 Å². The Hall–Kier alpha value is -0.440. The minimum atomic E-state index is -0.675. The molecule has 0 aromatic rings. The zero-order chi connectivity index (χ0) is 16.5. The molecular weight excluding hydrogens is 304 g/mol. The fraction of sp³-hybridized carbons (Fsp3) is 0.850. The molecule has 2 fully saturated rings. The van der Waals surface area contributed by atoms with Crippen LogP contribution < -0.4 is 0 Å². The summed E-state index contributed by atoms with van der Waals surface area (Å²) in [4.78, 5) is 10.5. The van der Waals surface area contributed by atoms with E-state index in [0.717, 1.165) is 35.8 Å². The summed E-state index contributed by atoms with van der Waals surface area (Å²) in [5, 5.41) is 9.56. The number of carboxylic acid groups (broad SMARTS) is 1. The van der Waals surface area contributed by atoms with Gasteiger partial charge in [0.05, 0.1) is 0 Å². The number of allylic oxidation sites excluding steroid dienone is 2. The Morgan fingerprint density at radius 1 is 1.13 bits per heavy atom. The number of fused-ring (bicyclic) bond motifs is 2. The van der Waals surface area contributed by atoms with Gasteiger partial charge in [-0.05, 0) is 68.5 Å². The molecule has 2 saturated carbocycles. The van der Waals surface area contributed by atoms with Crippen LogP contribution in [0.15, 0.2) is 12.2 Å². The van der Waals surface area contributed by atoms with E-state index in [0.29, 0.717) is 6.42 Å². The van der Waals surface area contributed by atoms with Crippen LogP contribution in [0.3, 0.4) is 0 Å². The lowest BCUT2D eigenvalue weighted by Gasteiger charge is -2.30. The largest absolute Gasteiger partial charge is 0.481 e. The molecule has 0 amide bonds. The van der Waals surface area contributed by atoms with Crippen molar-refractivity contribution in [2.45, 2.75) is 82.8 Å². The first-order chi connectivity index (χ1) is 11.2. The third-order valence-electron chi connectivity index (χ3n) is 5.65. The number of aliphatic carboxylic acids is 1. The molecule has 0 aromatic carbocycles. The Labute approximate surface area is 146 Å². The van der Waals surface area contributed by atoms with Gasteiger partial charge in [-0.25, -0.2) is 0 Å². The second kappa shape index (κ2) is 10.4. The molecule has 2 nitrogen and oxygen atoms in total. The van der Waals surface area contributed by atoms with Crippen LogP contribution in [-0.4, -0.2) is 22.1 Å². The lowest BCUT2D eigenvalue weighted by Crippen LogP contribution is -2.24. The van der Waals surface area contributed by atoms with Gasteiger partial charge in [0, 0.05) is 11.7 Å². The van der Waals surface area contributed by atoms with Gasteiger partial charge < -0.3 is 5.11 Å². The molecule has 0 heterocycles. The van der Waals surface area contributed by atoms with E-state index in [1.54, 1.807) is 0 Å². The SMILES string of the molecule is CCCCCCS[C@@H]1[C@H]2CC[C@H](C2)[C@H]1C/C=C\CCCC(=O)O. The van der Waals surface area contributed by atoms with Crippen LogP contribution in [0.5, 0.6) is 0 Å². The first kappa shape index (κ1) is 18.9. The second-order valence-electron chi connectivity index (χ2n) is 7.39. The third kappa shape index (κ3) is 6.17. The summed E-state index contributed by atoms with van der Waals surface area (Å²) < 4.78 is 0. The predicted molar refractivity (Wildman–Crippen MR) is 100.0 cm³/mol. The van der Waals surface area contributed by atoms with Gasteiger partial charge in [0.25, 0.3) is 0 Å². The van der Waals surface area contributed by atoms with Crippen LogP contribution in [0, 0.1) is 17.8 Å². The van der Waals surface area contributed by atoms with Crippen molar-refractivity contribution < 1.29 is 9.90 Å². The van der Waals surface area contributed by atoms with E-state index >= 15 is 0 Å². The average Bonchev–Trinajstić information content (AvgIpc) is 3.12. The lowest BCUT2D eigenvalue weighted by atomic mass is 9.86. The number of carbonyl (C=O) groups is 1. The maximum absolute atomic E-state index is 10.5. The average molecular weight is 339 g/mol. The summed E-state index contributed by atoms with van der Waals surface area (Å²) in [6, 6.07) is 0. The van der Waals surface area contributed by atoms with Crippen LogP contribution >= 0.6 is 11.8 Å². The number of unbranched alkanes of at least 4 members (excludes halogenated alkanes) is 4. The van der Waals surface area contributed by atoms with Crippen molar-refractivity contribution in [3.63, 3.8) is 0 Å². The Kier molecular flexibility index (Phi) is 8.57. The molecule has 132 valence electrons. The summed E-state index contributed by atoms with van der Waals surface area (Å²) in [6.45, 7) is 2.28. The standard InChI is InChI=1S/C20H34O2S/c1-2-3-4-9-14-23-20-17-13-12-16(15-17)18(20)10-7-5-6-8-11-19(21)22/h5,7,16-18,20H,2-4,6,8-15H2,1H3,(H,21,22)/b7-5-/t16-,17+,18-,20-/m1/s1. The molecule has 2 rings (SSSR count). The van der Waals surface area contributed by atoms with Gasteiger partial charge in [-0.2, -0.15) is 11.8 Å². The molecule has 0 spiro atoms. The van der Waals surface area contributed by atoms with E-state index in [1.807, 2.05) is 0 Å². The second-order valence-corrected chi connectivity index (χ2v) is 8.67. The van der Waals surface area contributed by atoms with Gasteiger partial charge in [0.1, 0.15) is 0 Å². The van der Waals surface area contributed by atoms with E-state index < -0.39 is 5.97 Å².